The van der Waals surface area contributed by atoms with Crippen molar-refractivity contribution in [2.45, 2.75) is 6.92 Å². The lowest BCUT2D eigenvalue weighted by atomic mass is 10.1. The summed E-state index contributed by atoms with van der Waals surface area (Å²) >= 11 is 0. The summed E-state index contributed by atoms with van der Waals surface area (Å²) in [7, 11) is 2.78. The molecule has 29 heavy (non-hydrogen) atoms. The Balaban J connectivity index is 1.96. The number of hydrogen-bond donors (Lipinski definition) is 0. The standard InChI is InChI=1S/C23H23NO5/c1-4-24(19-11-7-9-16-8-5-6-10-18(16)19)23(26)17-12-13-20(27-2)21(14-17)29-15-22(25)28-3/h5-14H,4,15H2,1-3H3. The van der Waals surface area contributed by atoms with Crippen LogP contribution in [0, 0.1) is 0 Å². The Labute approximate surface area is 169 Å². The van der Waals surface area contributed by atoms with Crippen molar-refractivity contribution in [3.8, 4) is 11.5 Å². The van der Waals surface area contributed by atoms with Crippen molar-refractivity contribution in [2.24, 2.45) is 0 Å². The Morgan fingerprint density at radius 2 is 1.69 bits per heavy atom. The summed E-state index contributed by atoms with van der Waals surface area (Å²) in [6.07, 6.45) is 0. The number of fused-ring (bicyclic) bond motifs is 1. The first-order valence-electron chi connectivity index (χ1n) is 9.26. The molecule has 3 rings (SSSR count). The number of esters is 1. The largest absolute Gasteiger partial charge is 0.493 e. The number of methoxy groups -OCH3 is 2. The minimum atomic E-state index is -0.519. The van der Waals surface area contributed by atoms with E-state index in [0.29, 0.717) is 23.6 Å². The van der Waals surface area contributed by atoms with E-state index in [9.17, 15) is 9.59 Å². The summed E-state index contributed by atoms with van der Waals surface area (Å²) in [6, 6.07) is 18.7. The second-order valence-electron chi connectivity index (χ2n) is 6.28. The summed E-state index contributed by atoms with van der Waals surface area (Å²) in [4.78, 5) is 26.4. The Kier molecular flexibility index (Phi) is 6.34. The second kappa shape index (κ2) is 9.10. The third kappa shape index (κ3) is 4.32. The van der Waals surface area contributed by atoms with E-state index in [-0.39, 0.29) is 12.5 Å². The van der Waals surface area contributed by atoms with Gasteiger partial charge in [0.05, 0.1) is 19.9 Å². The molecule has 0 spiro atoms. The van der Waals surface area contributed by atoms with E-state index in [4.69, 9.17) is 9.47 Å². The normalized spacial score (nSPS) is 10.4. The van der Waals surface area contributed by atoms with Crippen LogP contribution >= 0.6 is 0 Å². The number of rotatable bonds is 7. The maximum atomic E-state index is 13.3. The third-order valence-electron chi connectivity index (χ3n) is 4.60. The molecule has 1 amide bonds. The number of benzene rings is 3. The van der Waals surface area contributed by atoms with Gasteiger partial charge in [0.15, 0.2) is 18.1 Å². The molecular formula is C23H23NO5. The number of hydrogen-bond acceptors (Lipinski definition) is 5. The van der Waals surface area contributed by atoms with E-state index < -0.39 is 5.97 Å². The van der Waals surface area contributed by atoms with Gasteiger partial charge in [-0.25, -0.2) is 4.79 Å². The maximum Gasteiger partial charge on any atom is 0.343 e. The summed E-state index contributed by atoms with van der Waals surface area (Å²) in [5, 5.41) is 2.06. The van der Waals surface area contributed by atoms with Crippen molar-refractivity contribution in [3.63, 3.8) is 0 Å². The van der Waals surface area contributed by atoms with E-state index >= 15 is 0 Å². The average Bonchev–Trinajstić information content (AvgIpc) is 2.77. The molecule has 6 nitrogen and oxygen atoms in total. The highest BCUT2D eigenvalue weighted by Gasteiger charge is 2.20. The quantitative estimate of drug-likeness (QED) is 0.566. The number of nitrogens with zero attached hydrogens (tertiary/aromatic N) is 1. The van der Waals surface area contributed by atoms with Gasteiger partial charge in [-0.2, -0.15) is 0 Å². The van der Waals surface area contributed by atoms with Gasteiger partial charge in [0.25, 0.3) is 5.91 Å². The smallest absolute Gasteiger partial charge is 0.343 e. The molecule has 0 saturated heterocycles. The highest BCUT2D eigenvalue weighted by molar-refractivity contribution is 6.11. The molecule has 3 aromatic rings. The lowest BCUT2D eigenvalue weighted by Gasteiger charge is -2.23. The number of carbonyl (C=O) groups excluding carboxylic acids is 2. The van der Waals surface area contributed by atoms with Crippen molar-refractivity contribution in [3.05, 3.63) is 66.2 Å². The fourth-order valence-corrected chi connectivity index (χ4v) is 3.14. The molecule has 3 aromatic carbocycles. The summed E-state index contributed by atoms with van der Waals surface area (Å²) in [5.41, 5.74) is 1.27. The molecule has 0 N–H and O–H groups in total. The van der Waals surface area contributed by atoms with Gasteiger partial charge in [-0.1, -0.05) is 36.4 Å². The third-order valence-corrected chi connectivity index (χ3v) is 4.60. The van der Waals surface area contributed by atoms with Crippen molar-refractivity contribution in [1.82, 2.24) is 0 Å². The van der Waals surface area contributed by atoms with Crippen molar-refractivity contribution >= 4 is 28.3 Å². The number of ether oxygens (including phenoxy) is 3. The molecule has 0 bridgehead atoms. The summed E-state index contributed by atoms with van der Waals surface area (Å²) < 4.78 is 15.4. The van der Waals surface area contributed by atoms with Crippen LogP contribution in [-0.4, -0.2) is 39.2 Å². The van der Waals surface area contributed by atoms with Gasteiger partial charge in [0, 0.05) is 17.5 Å². The Bertz CT molecular complexity index is 1030. The molecule has 0 aliphatic carbocycles. The topological polar surface area (TPSA) is 65.1 Å². The molecule has 0 radical (unpaired) electrons. The van der Waals surface area contributed by atoms with Crippen LogP contribution in [0.4, 0.5) is 5.69 Å². The fraction of sp³-hybridized carbons (Fsp3) is 0.217. The number of anilines is 1. The zero-order valence-electron chi connectivity index (χ0n) is 16.7. The highest BCUT2D eigenvalue weighted by atomic mass is 16.6. The van der Waals surface area contributed by atoms with E-state index in [0.717, 1.165) is 16.5 Å². The van der Waals surface area contributed by atoms with Gasteiger partial charge in [-0.3, -0.25) is 4.79 Å². The van der Waals surface area contributed by atoms with Gasteiger partial charge < -0.3 is 19.1 Å². The SMILES string of the molecule is CCN(C(=O)c1ccc(OC)c(OCC(=O)OC)c1)c1cccc2ccccc12. The van der Waals surface area contributed by atoms with Crippen LogP contribution in [0.3, 0.4) is 0 Å². The molecule has 6 heteroatoms. The molecular weight excluding hydrogens is 370 g/mol. The van der Waals surface area contributed by atoms with Crippen LogP contribution in [-0.2, 0) is 9.53 Å². The van der Waals surface area contributed by atoms with Crippen LogP contribution in [0.15, 0.2) is 60.7 Å². The monoisotopic (exact) mass is 393 g/mol. The zero-order valence-corrected chi connectivity index (χ0v) is 16.7. The second-order valence-corrected chi connectivity index (χ2v) is 6.28. The molecule has 0 unspecified atom stereocenters. The van der Waals surface area contributed by atoms with Gasteiger partial charge in [0.1, 0.15) is 0 Å². The molecule has 0 aromatic heterocycles. The molecule has 150 valence electrons. The predicted octanol–water partition coefficient (Wildman–Crippen LogP) is 4.07. The van der Waals surface area contributed by atoms with Gasteiger partial charge in [0.2, 0.25) is 0 Å². The molecule has 0 saturated carbocycles. The number of amides is 1. The van der Waals surface area contributed by atoms with E-state index in [1.165, 1.54) is 14.2 Å². The molecule has 0 aliphatic rings. The predicted molar refractivity (Wildman–Crippen MR) is 112 cm³/mol. The van der Waals surface area contributed by atoms with Crippen LogP contribution in [0.2, 0.25) is 0 Å². The Morgan fingerprint density at radius 1 is 0.931 bits per heavy atom. The lowest BCUT2D eigenvalue weighted by Crippen LogP contribution is -2.30. The number of carbonyl (C=O) groups is 2. The van der Waals surface area contributed by atoms with Crippen LogP contribution in [0.5, 0.6) is 11.5 Å². The van der Waals surface area contributed by atoms with Gasteiger partial charge in [-0.15, -0.1) is 0 Å². The molecule has 0 aliphatic heterocycles. The van der Waals surface area contributed by atoms with Crippen molar-refractivity contribution in [2.75, 3.05) is 32.3 Å². The first kappa shape index (κ1) is 20.2. The van der Waals surface area contributed by atoms with Crippen molar-refractivity contribution < 1.29 is 23.8 Å². The fourth-order valence-electron chi connectivity index (χ4n) is 3.14. The minimum Gasteiger partial charge on any atom is -0.493 e. The van der Waals surface area contributed by atoms with Crippen LogP contribution in [0.25, 0.3) is 10.8 Å². The van der Waals surface area contributed by atoms with Crippen LogP contribution < -0.4 is 14.4 Å². The highest BCUT2D eigenvalue weighted by Crippen LogP contribution is 2.31. The summed E-state index contributed by atoms with van der Waals surface area (Å²) in [5.74, 6) is 0.0422. The molecule has 0 heterocycles. The van der Waals surface area contributed by atoms with Crippen molar-refractivity contribution in [1.29, 1.82) is 0 Å². The van der Waals surface area contributed by atoms with E-state index in [1.54, 1.807) is 23.1 Å². The average molecular weight is 393 g/mol. The zero-order chi connectivity index (χ0) is 20.8. The molecule has 0 fully saturated rings. The van der Waals surface area contributed by atoms with Gasteiger partial charge >= 0.3 is 5.97 Å². The van der Waals surface area contributed by atoms with Crippen LogP contribution in [0.1, 0.15) is 17.3 Å². The van der Waals surface area contributed by atoms with E-state index in [1.807, 2.05) is 49.4 Å². The van der Waals surface area contributed by atoms with E-state index in [2.05, 4.69) is 4.74 Å². The Hall–Kier alpha value is -3.54. The lowest BCUT2D eigenvalue weighted by molar-refractivity contribution is -0.142. The first-order valence-corrected chi connectivity index (χ1v) is 9.26. The first-order chi connectivity index (χ1) is 14.1. The van der Waals surface area contributed by atoms with Gasteiger partial charge in [-0.05, 0) is 36.6 Å². The minimum absolute atomic E-state index is 0.172. The Morgan fingerprint density at radius 3 is 2.41 bits per heavy atom. The summed E-state index contributed by atoms with van der Waals surface area (Å²) in [6.45, 7) is 2.15. The maximum absolute atomic E-state index is 13.3. The molecule has 0 atom stereocenters.